The summed E-state index contributed by atoms with van der Waals surface area (Å²) in [6.07, 6.45) is 71.8. The number of ether oxygens (including phenoxy) is 3. The Morgan fingerprint density at radius 1 is 0.372 bits per heavy atom. The highest BCUT2D eigenvalue weighted by Gasteiger charge is 2.28. The van der Waals surface area contributed by atoms with E-state index in [0.29, 0.717) is 19.3 Å². The average molecular weight is 1110 g/mol. The fourth-order valence-corrected chi connectivity index (χ4v) is 8.76. The molecule has 0 aromatic carbocycles. The van der Waals surface area contributed by atoms with E-state index in [1.54, 1.807) is 0 Å². The number of carbonyl (C=O) groups is 3. The van der Waals surface area contributed by atoms with Gasteiger partial charge in [0.2, 0.25) is 0 Å². The van der Waals surface area contributed by atoms with E-state index in [1.165, 1.54) is 57.8 Å². The van der Waals surface area contributed by atoms with E-state index in [2.05, 4.69) is 130 Å². The summed E-state index contributed by atoms with van der Waals surface area (Å²) in [4.78, 5) is 48.7. The van der Waals surface area contributed by atoms with Gasteiger partial charge in [-0.15, -0.1) is 0 Å². The standard InChI is InChI=1S/C66H111O11P/c1-4-7-10-13-16-19-22-25-28-30-31-33-36-39-42-45-48-51-54-57-66(70)77-63(59-73-64(68)55-52-49-46-43-40-37-34-27-24-21-18-15-12-9-6-3)61-75-78(71,72)74-60-62(58-67)76-65(69)56-53-50-47-44-41-38-35-32-29-26-23-20-17-14-11-8-5-2/h7,10,16-21,25-29,31,33-34,39,42,62-63,67H,4-6,8-9,11-15,22-24,30,32,35-38,40-41,43-61H2,1-3H3,(H,71,72)/b10-7-,19-16-,20-17-,21-18-,28-25-,29-26-,33-31-,34-27-,42-39-. The minimum atomic E-state index is -4.77. The van der Waals surface area contributed by atoms with Crippen molar-refractivity contribution >= 4 is 25.7 Å². The molecule has 2 N–H and O–H groups in total. The van der Waals surface area contributed by atoms with E-state index in [0.717, 1.165) is 135 Å². The molecule has 0 bridgehead atoms. The summed E-state index contributed by atoms with van der Waals surface area (Å²) in [6, 6.07) is 0. The van der Waals surface area contributed by atoms with Crippen LogP contribution >= 0.6 is 7.82 Å². The highest BCUT2D eigenvalue weighted by atomic mass is 31.2. The summed E-state index contributed by atoms with van der Waals surface area (Å²) in [5, 5.41) is 9.84. The van der Waals surface area contributed by atoms with Crippen LogP contribution in [0.1, 0.15) is 252 Å². The van der Waals surface area contributed by atoms with Crippen LogP contribution in [0.4, 0.5) is 0 Å². The normalized spacial score (nSPS) is 14.1. The van der Waals surface area contributed by atoms with Gasteiger partial charge in [-0.05, 0) is 128 Å². The van der Waals surface area contributed by atoms with Gasteiger partial charge in [-0.2, -0.15) is 0 Å². The Labute approximate surface area is 475 Å². The van der Waals surface area contributed by atoms with Gasteiger partial charge in [0.25, 0.3) is 0 Å². The molecule has 0 aliphatic rings. The third-order valence-electron chi connectivity index (χ3n) is 12.6. The molecule has 0 radical (unpaired) electrons. The molecule has 0 aliphatic carbocycles. The predicted molar refractivity (Wildman–Crippen MR) is 325 cm³/mol. The minimum Gasteiger partial charge on any atom is -0.462 e. The second kappa shape index (κ2) is 59.3. The van der Waals surface area contributed by atoms with Gasteiger partial charge in [0.1, 0.15) is 12.7 Å². The molecule has 0 amide bonds. The molecule has 0 spiro atoms. The second-order valence-corrected chi connectivity index (χ2v) is 21.6. The Bertz CT molecular complexity index is 1720. The van der Waals surface area contributed by atoms with E-state index in [4.69, 9.17) is 23.3 Å². The first-order valence-electron chi connectivity index (χ1n) is 30.8. The van der Waals surface area contributed by atoms with Gasteiger partial charge in [-0.25, -0.2) is 4.57 Å². The predicted octanol–water partition coefficient (Wildman–Crippen LogP) is 18.6. The van der Waals surface area contributed by atoms with Crippen molar-refractivity contribution in [1.29, 1.82) is 0 Å². The van der Waals surface area contributed by atoms with Gasteiger partial charge in [0.15, 0.2) is 6.10 Å². The van der Waals surface area contributed by atoms with Crippen molar-refractivity contribution in [2.45, 2.75) is 264 Å². The lowest BCUT2D eigenvalue weighted by Gasteiger charge is -2.21. The highest BCUT2D eigenvalue weighted by Crippen LogP contribution is 2.43. The second-order valence-electron chi connectivity index (χ2n) is 20.1. The molecule has 0 aromatic heterocycles. The fraction of sp³-hybridized carbons (Fsp3) is 0.682. The van der Waals surface area contributed by atoms with Gasteiger partial charge in [-0.1, -0.05) is 214 Å². The summed E-state index contributed by atoms with van der Waals surface area (Å²) < 4.78 is 39.6. The number of carbonyl (C=O) groups excluding carboxylic acids is 3. The lowest BCUT2D eigenvalue weighted by molar-refractivity contribution is -0.161. The number of hydrogen-bond donors (Lipinski definition) is 2. The number of rotatable bonds is 56. The first-order valence-corrected chi connectivity index (χ1v) is 32.3. The van der Waals surface area contributed by atoms with Gasteiger partial charge in [0.05, 0.1) is 19.8 Å². The number of aliphatic hydroxyl groups excluding tert-OH is 1. The first-order chi connectivity index (χ1) is 38.2. The van der Waals surface area contributed by atoms with Gasteiger partial charge in [-0.3, -0.25) is 23.4 Å². The van der Waals surface area contributed by atoms with Gasteiger partial charge < -0.3 is 24.2 Å². The van der Waals surface area contributed by atoms with E-state index in [1.807, 2.05) is 0 Å². The van der Waals surface area contributed by atoms with Crippen LogP contribution in [-0.4, -0.2) is 66.5 Å². The molecule has 78 heavy (non-hydrogen) atoms. The van der Waals surface area contributed by atoms with Crippen molar-refractivity contribution in [2.75, 3.05) is 26.4 Å². The Morgan fingerprint density at radius 2 is 0.667 bits per heavy atom. The fourth-order valence-electron chi connectivity index (χ4n) is 7.97. The molecule has 0 aromatic rings. The quantitative estimate of drug-likeness (QED) is 0.0197. The summed E-state index contributed by atoms with van der Waals surface area (Å²) in [5.74, 6) is -1.53. The number of hydrogen-bond acceptors (Lipinski definition) is 10. The van der Waals surface area contributed by atoms with Crippen LogP contribution < -0.4 is 0 Å². The minimum absolute atomic E-state index is 0.120. The summed E-state index contributed by atoms with van der Waals surface area (Å²) in [5.41, 5.74) is 0. The largest absolute Gasteiger partial charge is 0.472 e. The molecular formula is C66H111O11P. The maximum atomic E-state index is 12.9. The van der Waals surface area contributed by atoms with Crippen molar-refractivity contribution in [3.63, 3.8) is 0 Å². The summed E-state index contributed by atoms with van der Waals surface area (Å²) in [7, 11) is -4.77. The molecule has 0 rings (SSSR count). The molecule has 0 heterocycles. The lowest BCUT2D eigenvalue weighted by atomic mass is 10.1. The maximum Gasteiger partial charge on any atom is 0.472 e. The zero-order valence-corrected chi connectivity index (χ0v) is 50.2. The van der Waals surface area contributed by atoms with Crippen LogP contribution in [0.15, 0.2) is 109 Å². The number of allylic oxidation sites excluding steroid dienone is 18. The topological polar surface area (TPSA) is 155 Å². The first kappa shape index (κ1) is 74.1. The monoisotopic (exact) mass is 1110 g/mol. The number of phosphoric acid groups is 1. The maximum absolute atomic E-state index is 12.9. The van der Waals surface area contributed by atoms with E-state index in [-0.39, 0.29) is 25.9 Å². The van der Waals surface area contributed by atoms with Crippen LogP contribution in [0, 0.1) is 0 Å². The Balaban J connectivity index is 4.80. The molecule has 0 fully saturated rings. The van der Waals surface area contributed by atoms with Crippen molar-refractivity contribution in [3.05, 3.63) is 109 Å². The van der Waals surface area contributed by atoms with Crippen molar-refractivity contribution in [2.24, 2.45) is 0 Å². The Morgan fingerprint density at radius 3 is 1.04 bits per heavy atom. The molecule has 11 nitrogen and oxygen atoms in total. The third-order valence-corrected chi connectivity index (χ3v) is 13.6. The van der Waals surface area contributed by atoms with E-state index in [9.17, 15) is 28.9 Å². The molecule has 0 aliphatic heterocycles. The van der Waals surface area contributed by atoms with Crippen LogP contribution in [0.3, 0.4) is 0 Å². The van der Waals surface area contributed by atoms with Crippen molar-refractivity contribution < 1.29 is 52.2 Å². The number of unbranched alkanes of at least 4 members (excludes halogenated alkanes) is 21. The number of phosphoric ester groups is 1. The number of aliphatic hydroxyl groups is 1. The third kappa shape index (κ3) is 56.8. The molecule has 3 atom stereocenters. The molecule has 446 valence electrons. The number of esters is 3. The van der Waals surface area contributed by atoms with Crippen molar-refractivity contribution in [3.8, 4) is 0 Å². The summed E-state index contributed by atoms with van der Waals surface area (Å²) in [6.45, 7) is 4.42. The Kier molecular flexibility index (Phi) is 56.3. The average Bonchev–Trinajstić information content (AvgIpc) is 3.43. The van der Waals surface area contributed by atoms with Gasteiger partial charge >= 0.3 is 25.7 Å². The van der Waals surface area contributed by atoms with Gasteiger partial charge in [0, 0.05) is 19.3 Å². The van der Waals surface area contributed by atoms with Crippen LogP contribution in [-0.2, 0) is 42.2 Å². The zero-order valence-electron chi connectivity index (χ0n) is 49.3. The highest BCUT2D eigenvalue weighted by molar-refractivity contribution is 7.47. The molecule has 3 unspecified atom stereocenters. The van der Waals surface area contributed by atoms with Crippen LogP contribution in [0.2, 0.25) is 0 Å². The smallest absolute Gasteiger partial charge is 0.462 e. The van der Waals surface area contributed by atoms with Crippen LogP contribution in [0.25, 0.3) is 0 Å². The SMILES string of the molecule is CC/C=C\C/C=C\C/C=C\C/C=C\C/C=C\CCCCCC(=O)OC(COC(=O)CCCCCCC/C=C\C/C=C\CCCCC)COP(=O)(O)OCC(CO)OC(=O)CCCCCCCCC/C=C\C/C=C\CCCCC. The summed E-state index contributed by atoms with van der Waals surface area (Å²) >= 11 is 0. The molecule has 12 heteroatoms. The van der Waals surface area contributed by atoms with E-state index >= 15 is 0 Å². The van der Waals surface area contributed by atoms with Crippen molar-refractivity contribution in [1.82, 2.24) is 0 Å². The molecular weight excluding hydrogens is 1000 g/mol. The van der Waals surface area contributed by atoms with E-state index < -0.39 is 57.8 Å². The molecule has 0 saturated carbocycles. The molecule has 0 saturated heterocycles. The van der Waals surface area contributed by atoms with Crippen LogP contribution in [0.5, 0.6) is 0 Å². The zero-order chi connectivity index (χ0) is 56.9. The Hall–Kier alpha value is -3.86. The lowest BCUT2D eigenvalue weighted by Crippen LogP contribution is -2.30.